The molecule has 84 valence electrons. The van der Waals surface area contributed by atoms with Crippen LogP contribution >= 0.6 is 11.3 Å². The molecular weight excluding hydrogens is 231 g/mol. The van der Waals surface area contributed by atoms with Crippen molar-refractivity contribution in [1.29, 1.82) is 0 Å². The van der Waals surface area contributed by atoms with Gasteiger partial charge in [0.15, 0.2) is 5.69 Å². The second-order valence-corrected chi connectivity index (χ2v) is 3.54. The monoisotopic (exact) mass is 239 g/mol. The number of carbonyl (C=O) groups is 1. The van der Waals surface area contributed by atoms with Crippen molar-refractivity contribution in [2.24, 2.45) is 0 Å². The number of esters is 1. The number of halogens is 3. The number of rotatable bonds is 3. The standard InChI is InChI=1S/C8H8F3NO2S/c1-2-14-6(13)3-5-7(8(9,10)11)12-4-15-5/h4H,2-3H2,1H3. The third-order valence-corrected chi connectivity index (χ3v) is 2.35. The van der Waals surface area contributed by atoms with Crippen LogP contribution in [0, 0.1) is 0 Å². The highest BCUT2D eigenvalue weighted by atomic mass is 32.1. The summed E-state index contributed by atoms with van der Waals surface area (Å²) in [5.41, 5.74) is 0.0674. The van der Waals surface area contributed by atoms with Crippen molar-refractivity contribution in [1.82, 2.24) is 4.98 Å². The molecule has 0 aromatic carbocycles. The Morgan fingerprint density at radius 2 is 2.27 bits per heavy atom. The number of carbonyl (C=O) groups excluding carboxylic acids is 1. The summed E-state index contributed by atoms with van der Waals surface area (Å²) in [5, 5.41) is 0. The van der Waals surface area contributed by atoms with Crippen molar-refractivity contribution in [3.8, 4) is 0 Å². The second kappa shape index (κ2) is 4.61. The molecule has 0 bridgehead atoms. The molecule has 0 N–H and O–H groups in total. The molecule has 1 aromatic rings. The van der Waals surface area contributed by atoms with Crippen molar-refractivity contribution in [3.05, 3.63) is 16.1 Å². The van der Waals surface area contributed by atoms with Crippen molar-refractivity contribution < 1.29 is 22.7 Å². The highest BCUT2D eigenvalue weighted by Gasteiger charge is 2.36. The molecule has 1 rings (SSSR count). The summed E-state index contributed by atoms with van der Waals surface area (Å²) in [6.07, 6.45) is -4.89. The van der Waals surface area contributed by atoms with Gasteiger partial charge in [-0.25, -0.2) is 4.98 Å². The van der Waals surface area contributed by atoms with Crippen LogP contribution in [0.25, 0.3) is 0 Å². The predicted octanol–water partition coefficient (Wildman–Crippen LogP) is 2.27. The van der Waals surface area contributed by atoms with E-state index in [4.69, 9.17) is 0 Å². The first-order chi connectivity index (χ1) is 6.95. The Bertz CT molecular complexity index is 348. The van der Waals surface area contributed by atoms with Crippen LogP contribution in [0.4, 0.5) is 13.2 Å². The third kappa shape index (κ3) is 3.19. The third-order valence-electron chi connectivity index (χ3n) is 1.52. The average molecular weight is 239 g/mol. The largest absolute Gasteiger partial charge is 0.466 e. The van der Waals surface area contributed by atoms with E-state index in [0.717, 1.165) is 16.8 Å². The lowest BCUT2D eigenvalue weighted by Gasteiger charge is -2.05. The number of hydrogen-bond donors (Lipinski definition) is 0. The smallest absolute Gasteiger partial charge is 0.434 e. The molecule has 0 saturated heterocycles. The summed E-state index contributed by atoms with van der Waals surface area (Å²) in [4.78, 5) is 14.1. The molecule has 0 atom stereocenters. The molecular formula is C8H8F3NO2S. The maximum absolute atomic E-state index is 12.3. The molecule has 0 radical (unpaired) electrons. The molecule has 0 aliphatic carbocycles. The number of aromatic nitrogens is 1. The fraction of sp³-hybridized carbons (Fsp3) is 0.500. The van der Waals surface area contributed by atoms with E-state index in [9.17, 15) is 18.0 Å². The zero-order chi connectivity index (χ0) is 11.5. The van der Waals surface area contributed by atoms with Crippen LogP contribution in [0.1, 0.15) is 17.5 Å². The summed E-state index contributed by atoms with van der Waals surface area (Å²) in [6.45, 7) is 1.74. The normalized spacial score (nSPS) is 11.5. The lowest BCUT2D eigenvalue weighted by molar-refractivity contribution is -0.144. The number of alkyl halides is 3. The van der Waals surface area contributed by atoms with Crippen molar-refractivity contribution in [3.63, 3.8) is 0 Å². The van der Waals surface area contributed by atoms with E-state index in [0.29, 0.717) is 0 Å². The molecule has 0 aliphatic heterocycles. The molecule has 7 heteroatoms. The summed E-state index contributed by atoms with van der Waals surface area (Å²) >= 11 is 0.799. The van der Waals surface area contributed by atoms with Gasteiger partial charge in [0.1, 0.15) is 0 Å². The Hall–Kier alpha value is -1.11. The van der Waals surface area contributed by atoms with Crippen LogP contribution in [0.2, 0.25) is 0 Å². The fourth-order valence-electron chi connectivity index (χ4n) is 0.970. The predicted molar refractivity (Wildman–Crippen MR) is 47.5 cm³/mol. The molecule has 0 unspecified atom stereocenters. The first-order valence-electron chi connectivity index (χ1n) is 4.10. The van der Waals surface area contributed by atoms with Gasteiger partial charge in [-0.2, -0.15) is 13.2 Å². The van der Waals surface area contributed by atoms with Crippen LogP contribution in [-0.2, 0) is 22.1 Å². The first-order valence-corrected chi connectivity index (χ1v) is 4.98. The van der Waals surface area contributed by atoms with Crippen LogP contribution in [0.3, 0.4) is 0 Å². The zero-order valence-electron chi connectivity index (χ0n) is 7.80. The van der Waals surface area contributed by atoms with Crippen LogP contribution < -0.4 is 0 Å². The lowest BCUT2D eigenvalue weighted by Crippen LogP contribution is -2.13. The summed E-state index contributed by atoms with van der Waals surface area (Å²) in [5.74, 6) is -0.674. The summed E-state index contributed by atoms with van der Waals surface area (Å²) < 4.78 is 41.5. The topological polar surface area (TPSA) is 39.2 Å². The van der Waals surface area contributed by atoms with Gasteiger partial charge in [-0.3, -0.25) is 4.79 Å². The van der Waals surface area contributed by atoms with Crippen LogP contribution in [0.15, 0.2) is 5.51 Å². The van der Waals surface area contributed by atoms with Gasteiger partial charge in [-0.15, -0.1) is 11.3 Å². The molecule has 0 spiro atoms. The van der Waals surface area contributed by atoms with E-state index in [-0.39, 0.29) is 17.9 Å². The first kappa shape index (κ1) is 12.0. The second-order valence-electron chi connectivity index (χ2n) is 2.60. The number of nitrogens with zero attached hydrogens (tertiary/aromatic N) is 1. The minimum atomic E-state index is -4.51. The maximum atomic E-state index is 12.3. The van der Waals surface area contributed by atoms with E-state index in [1.54, 1.807) is 6.92 Å². The lowest BCUT2D eigenvalue weighted by atomic mass is 10.3. The molecule has 0 saturated carbocycles. The molecule has 0 amide bonds. The van der Waals surface area contributed by atoms with Crippen molar-refractivity contribution in [2.75, 3.05) is 6.61 Å². The Labute approximate surface area is 87.9 Å². The molecule has 1 aromatic heterocycles. The zero-order valence-corrected chi connectivity index (χ0v) is 8.61. The summed E-state index contributed by atoms with van der Waals surface area (Å²) in [7, 11) is 0. The molecule has 0 fully saturated rings. The SMILES string of the molecule is CCOC(=O)Cc1scnc1C(F)(F)F. The van der Waals surface area contributed by atoms with E-state index in [1.165, 1.54) is 0 Å². The number of thiazole rings is 1. The molecule has 3 nitrogen and oxygen atoms in total. The average Bonchev–Trinajstić information content (AvgIpc) is 2.51. The highest BCUT2D eigenvalue weighted by Crippen LogP contribution is 2.32. The van der Waals surface area contributed by atoms with Crippen LogP contribution in [0.5, 0.6) is 0 Å². The molecule has 0 aliphatic rings. The highest BCUT2D eigenvalue weighted by molar-refractivity contribution is 7.09. The maximum Gasteiger partial charge on any atom is 0.434 e. The minimum Gasteiger partial charge on any atom is -0.466 e. The Kier molecular flexibility index (Phi) is 3.67. The number of ether oxygens (including phenoxy) is 1. The van der Waals surface area contributed by atoms with Gasteiger partial charge in [0.2, 0.25) is 0 Å². The van der Waals surface area contributed by atoms with Gasteiger partial charge < -0.3 is 4.74 Å². The Morgan fingerprint density at radius 3 is 2.80 bits per heavy atom. The molecule has 15 heavy (non-hydrogen) atoms. The minimum absolute atomic E-state index is 0.110. The summed E-state index contributed by atoms with van der Waals surface area (Å²) in [6, 6.07) is 0. The van der Waals surface area contributed by atoms with E-state index in [2.05, 4.69) is 9.72 Å². The van der Waals surface area contributed by atoms with Crippen LogP contribution in [-0.4, -0.2) is 17.6 Å². The van der Waals surface area contributed by atoms with Gasteiger partial charge in [0.05, 0.1) is 18.5 Å². The van der Waals surface area contributed by atoms with E-state index < -0.39 is 17.8 Å². The van der Waals surface area contributed by atoms with Gasteiger partial charge in [0, 0.05) is 4.88 Å². The van der Waals surface area contributed by atoms with Gasteiger partial charge in [-0.1, -0.05) is 0 Å². The van der Waals surface area contributed by atoms with Gasteiger partial charge in [0.25, 0.3) is 0 Å². The van der Waals surface area contributed by atoms with Gasteiger partial charge >= 0.3 is 12.1 Å². The Balaban J connectivity index is 2.78. The number of hydrogen-bond acceptors (Lipinski definition) is 4. The van der Waals surface area contributed by atoms with Crippen molar-refractivity contribution >= 4 is 17.3 Å². The quantitative estimate of drug-likeness (QED) is 0.759. The van der Waals surface area contributed by atoms with E-state index in [1.807, 2.05) is 0 Å². The van der Waals surface area contributed by atoms with Gasteiger partial charge in [-0.05, 0) is 6.92 Å². The molecule has 1 heterocycles. The Morgan fingerprint density at radius 1 is 1.60 bits per heavy atom. The van der Waals surface area contributed by atoms with Crippen molar-refractivity contribution in [2.45, 2.75) is 19.5 Å². The van der Waals surface area contributed by atoms with E-state index >= 15 is 0 Å². The fourth-order valence-corrected chi connectivity index (χ4v) is 1.74.